The van der Waals surface area contributed by atoms with Gasteiger partial charge in [-0.2, -0.15) is 0 Å². The van der Waals surface area contributed by atoms with Gasteiger partial charge in [-0.3, -0.25) is 4.79 Å². The molecule has 3 rings (SSSR count). The minimum absolute atomic E-state index is 0.268. The number of carbonyl (C=O) groups is 1. The summed E-state index contributed by atoms with van der Waals surface area (Å²) in [5, 5.41) is 48.4. The lowest BCUT2D eigenvalue weighted by Crippen LogP contribution is -2.55. The molecule has 2 aromatic carbocycles. The first-order chi connectivity index (χ1) is 14.4. The maximum absolute atomic E-state index is 12.7. The van der Waals surface area contributed by atoms with Gasteiger partial charge in [0, 0.05) is 18.5 Å². The molecule has 0 spiro atoms. The van der Waals surface area contributed by atoms with E-state index in [1.54, 1.807) is 0 Å². The summed E-state index contributed by atoms with van der Waals surface area (Å²) in [6, 6.07) is 20.2. The molecule has 1 fully saturated rings. The first-order valence-corrected chi connectivity index (χ1v) is 10.1. The summed E-state index contributed by atoms with van der Waals surface area (Å²) in [6.07, 6.45) is -5.98. The second-order valence-electron chi connectivity index (χ2n) is 7.82. The maximum Gasteiger partial charge on any atom is 0.254 e. The van der Waals surface area contributed by atoms with Gasteiger partial charge in [0.15, 0.2) is 6.10 Å². The summed E-state index contributed by atoms with van der Waals surface area (Å²) >= 11 is 0. The molecule has 0 radical (unpaired) electrons. The summed E-state index contributed by atoms with van der Waals surface area (Å²) in [7, 11) is 0. The fourth-order valence-electron chi connectivity index (χ4n) is 4.22. The first-order valence-electron chi connectivity index (χ1n) is 10.1. The normalized spacial score (nSPS) is 20.2. The van der Waals surface area contributed by atoms with Crippen LogP contribution in [0.3, 0.4) is 0 Å². The Hall–Kier alpha value is -2.29. The molecule has 2 aromatic rings. The van der Waals surface area contributed by atoms with Crippen molar-refractivity contribution < 1.29 is 30.3 Å². The zero-order valence-electron chi connectivity index (χ0n) is 16.7. The van der Waals surface area contributed by atoms with E-state index in [9.17, 15) is 25.2 Å². The van der Waals surface area contributed by atoms with Crippen LogP contribution in [0, 0.1) is 0 Å². The number of hydrogen-bond donors (Lipinski definition) is 5. The summed E-state index contributed by atoms with van der Waals surface area (Å²) in [5.74, 6) is -0.707. The number of nitrogens with zero attached hydrogens (tertiary/aromatic N) is 1. The minimum Gasteiger partial charge on any atom is -0.394 e. The molecule has 1 aliphatic rings. The van der Waals surface area contributed by atoms with Crippen molar-refractivity contribution in [3.63, 3.8) is 0 Å². The Balaban J connectivity index is 1.76. The van der Waals surface area contributed by atoms with Gasteiger partial charge in [0.05, 0.1) is 6.61 Å². The Kier molecular flexibility index (Phi) is 7.23. The van der Waals surface area contributed by atoms with E-state index in [-0.39, 0.29) is 5.41 Å². The van der Waals surface area contributed by atoms with Crippen LogP contribution in [0.25, 0.3) is 0 Å². The van der Waals surface area contributed by atoms with Gasteiger partial charge in [0.25, 0.3) is 5.91 Å². The van der Waals surface area contributed by atoms with Gasteiger partial charge in [0.2, 0.25) is 0 Å². The number of likely N-dealkylation sites (tertiary alicyclic amines) is 1. The highest BCUT2D eigenvalue weighted by Gasteiger charge is 2.42. The van der Waals surface area contributed by atoms with Crippen molar-refractivity contribution in [3.8, 4) is 0 Å². The van der Waals surface area contributed by atoms with Crippen LogP contribution in [-0.4, -0.2) is 80.5 Å². The van der Waals surface area contributed by atoms with Crippen molar-refractivity contribution in [2.24, 2.45) is 0 Å². The average Bonchev–Trinajstić information content (AvgIpc) is 2.82. The molecule has 1 aliphatic heterocycles. The van der Waals surface area contributed by atoms with E-state index in [1.807, 2.05) is 36.4 Å². The molecule has 7 nitrogen and oxygen atoms in total. The molecule has 7 heteroatoms. The van der Waals surface area contributed by atoms with E-state index >= 15 is 0 Å². The van der Waals surface area contributed by atoms with Crippen molar-refractivity contribution in [3.05, 3.63) is 71.8 Å². The van der Waals surface area contributed by atoms with Crippen LogP contribution in [0.2, 0.25) is 0 Å². The molecule has 0 aliphatic carbocycles. The Morgan fingerprint density at radius 1 is 0.833 bits per heavy atom. The van der Waals surface area contributed by atoms with Crippen LogP contribution in [0.4, 0.5) is 0 Å². The molecule has 162 valence electrons. The van der Waals surface area contributed by atoms with Crippen LogP contribution < -0.4 is 0 Å². The van der Waals surface area contributed by atoms with Crippen LogP contribution in [0.5, 0.6) is 0 Å². The van der Waals surface area contributed by atoms with Crippen LogP contribution >= 0.6 is 0 Å². The third-order valence-corrected chi connectivity index (χ3v) is 6.09. The molecule has 1 saturated heterocycles. The zero-order chi connectivity index (χ0) is 21.7. The van der Waals surface area contributed by atoms with Crippen molar-refractivity contribution >= 4 is 5.91 Å². The van der Waals surface area contributed by atoms with Gasteiger partial charge in [-0.1, -0.05) is 60.7 Å². The lowest BCUT2D eigenvalue weighted by Gasteiger charge is -2.43. The number of hydrogen-bond acceptors (Lipinski definition) is 6. The quantitative estimate of drug-likeness (QED) is 0.435. The predicted molar refractivity (Wildman–Crippen MR) is 111 cm³/mol. The number of aliphatic hydroxyl groups is 5. The molecule has 5 N–H and O–H groups in total. The molecule has 0 saturated carbocycles. The van der Waals surface area contributed by atoms with Crippen LogP contribution in [-0.2, 0) is 10.2 Å². The van der Waals surface area contributed by atoms with Crippen molar-refractivity contribution in [2.75, 3.05) is 19.7 Å². The van der Waals surface area contributed by atoms with E-state index in [4.69, 9.17) is 5.11 Å². The van der Waals surface area contributed by atoms with Crippen LogP contribution in [0.15, 0.2) is 60.7 Å². The number of rotatable bonds is 7. The van der Waals surface area contributed by atoms with Crippen molar-refractivity contribution in [1.29, 1.82) is 0 Å². The summed E-state index contributed by atoms with van der Waals surface area (Å²) in [5.41, 5.74) is 2.05. The molecule has 1 amide bonds. The lowest BCUT2D eigenvalue weighted by atomic mass is 9.68. The van der Waals surface area contributed by atoms with Gasteiger partial charge < -0.3 is 30.4 Å². The molecule has 0 unspecified atom stereocenters. The molecular formula is C23H29NO6. The number of piperidine rings is 1. The smallest absolute Gasteiger partial charge is 0.254 e. The largest absolute Gasteiger partial charge is 0.394 e. The number of aliphatic hydroxyl groups excluding tert-OH is 5. The number of benzene rings is 2. The molecule has 30 heavy (non-hydrogen) atoms. The van der Waals surface area contributed by atoms with Crippen molar-refractivity contribution in [1.82, 2.24) is 4.90 Å². The zero-order valence-corrected chi connectivity index (χ0v) is 16.7. The Morgan fingerprint density at radius 2 is 1.30 bits per heavy atom. The Morgan fingerprint density at radius 3 is 1.73 bits per heavy atom. The highest BCUT2D eigenvalue weighted by atomic mass is 16.4. The van der Waals surface area contributed by atoms with E-state index in [0.717, 1.165) is 11.1 Å². The first kappa shape index (κ1) is 22.4. The van der Waals surface area contributed by atoms with E-state index < -0.39 is 36.9 Å². The Labute approximate surface area is 175 Å². The van der Waals surface area contributed by atoms with Gasteiger partial charge >= 0.3 is 0 Å². The van der Waals surface area contributed by atoms with Gasteiger partial charge in [-0.15, -0.1) is 0 Å². The minimum atomic E-state index is -1.89. The van der Waals surface area contributed by atoms with Crippen LogP contribution in [0.1, 0.15) is 24.0 Å². The second kappa shape index (κ2) is 9.68. The van der Waals surface area contributed by atoms with E-state index in [1.165, 1.54) is 4.90 Å². The fourth-order valence-corrected chi connectivity index (χ4v) is 4.22. The molecule has 4 atom stereocenters. The van der Waals surface area contributed by atoms with Gasteiger partial charge in [-0.25, -0.2) is 0 Å². The SMILES string of the molecule is O=C([C@@H](O)[C@H](O)[C@H](O)[C@H](O)CO)N1CCC(c2ccccc2)(c2ccccc2)CC1. The Bertz CT molecular complexity index is 765. The monoisotopic (exact) mass is 415 g/mol. The average molecular weight is 415 g/mol. The molecule has 1 heterocycles. The highest BCUT2D eigenvalue weighted by molar-refractivity contribution is 5.81. The van der Waals surface area contributed by atoms with Crippen molar-refractivity contribution in [2.45, 2.75) is 42.7 Å². The fraction of sp³-hybridized carbons (Fsp3) is 0.435. The second-order valence-corrected chi connectivity index (χ2v) is 7.82. The lowest BCUT2D eigenvalue weighted by molar-refractivity contribution is -0.159. The summed E-state index contributed by atoms with van der Waals surface area (Å²) < 4.78 is 0. The molecule has 0 aromatic heterocycles. The highest BCUT2D eigenvalue weighted by Crippen LogP contribution is 2.41. The topological polar surface area (TPSA) is 121 Å². The number of amides is 1. The molecular weight excluding hydrogens is 386 g/mol. The van der Waals surface area contributed by atoms with Gasteiger partial charge in [-0.05, 0) is 24.0 Å². The van der Waals surface area contributed by atoms with E-state index in [2.05, 4.69) is 24.3 Å². The third kappa shape index (κ3) is 4.40. The van der Waals surface area contributed by atoms with E-state index in [0.29, 0.717) is 25.9 Å². The maximum atomic E-state index is 12.7. The summed E-state index contributed by atoms with van der Waals surface area (Å²) in [6.45, 7) is -0.0599. The number of carbonyl (C=O) groups excluding carboxylic acids is 1. The van der Waals surface area contributed by atoms with Gasteiger partial charge in [0.1, 0.15) is 18.3 Å². The predicted octanol–water partition coefficient (Wildman–Crippen LogP) is 0.0310. The summed E-state index contributed by atoms with van der Waals surface area (Å²) in [4.78, 5) is 14.2. The molecule has 0 bridgehead atoms. The third-order valence-electron chi connectivity index (χ3n) is 6.09. The standard InChI is InChI=1S/C23H29NO6/c25-15-18(26)19(27)20(28)21(29)22(30)24-13-11-23(12-14-24,16-7-3-1-4-8-16)17-9-5-2-6-10-17/h1-10,18-21,25-29H,11-15H2/t18-,19-,20-,21+/m1/s1.